The van der Waals surface area contributed by atoms with Gasteiger partial charge in [-0.15, -0.1) is 0 Å². The van der Waals surface area contributed by atoms with Crippen LogP contribution in [0.5, 0.6) is 0 Å². The summed E-state index contributed by atoms with van der Waals surface area (Å²) in [5.41, 5.74) is -1.08. The van der Waals surface area contributed by atoms with E-state index in [1.165, 1.54) is 0 Å². The second-order valence-electron chi connectivity index (χ2n) is 3.89. The average molecular weight is 215 g/mol. The van der Waals surface area contributed by atoms with E-state index in [1.807, 2.05) is 0 Å². The van der Waals surface area contributed by atoms with Crippen molar-refractivity contribution in [2.45, 2.75) is 12.0 Å². The Balaban J connectivity index is 2.02. The number of imide groups is 1. The van der Waals surface area contributed by atoms with Gasteiger partial charge in [-0.25, -0.2) is 0 Å². The molecule has 2 fully saturated rings. The minimum absolute atomic E-state index is 0.00796. The largest absolute Gasteiger partial charge is 0.386 e. The molecule has 0 aromatic heterocycles. The molecule has 2 aliphatic heterocycles. The van der Waals surface area contributed by atoms with Crippen molar-refractivity contribution < 1.29 is 24.2 Å². The molecule has 2 saturated heterocycles. The number of aliphatic hydroxyl groups is 1. The van der Waals surface area contributed by atoms with Crippen LogP contribution in [-0.2, 0) is 19.1 Å². The Morgan fingerprint density at radius 1 is 1.27 bits per heavy atom. The fraction of sp³-hybridized carbons (Fsp3) is 0.778. The van der Waals surface area contributed by atoms with Crippen molar-refractivity contribution in [3.05, 3.63) is 0 Å². The van der Waals surface area contributed by atoms with Crippen LogP contribution in [0.2, 0.25) is 0 Å². The molecule has 0 aromatic carbocycles. The second kappa shape index (κ2) is 3.88. The maximum absolute atomic E-state index is 11.4. The third-order valence-corrected chi connectivity index (χ3v) is 2.59. The number of carbonyl (C=O) groups is 2. The van der Waals surface area contributed by atoms with E-state index in [2.05, 4.69) is 0 Å². The van der Waals surface area contributed by atoms with Gasteiger partial charge in [0.25, 0.3) is 11.8 Å². The molecule has 0 aliphatic carbocycles. The van der Waals surface area contributed by atoms with Crippen molar-refractivity contribution in [3.8, 4) is 0 Å². The molecular weight excluding hydrogens is 202 g/mol. The molecule has 2 amide bonds. The minimum Gasteiger partial charge on any atom is -0.386 e. The molecule has 0 aromatic rings. The summed E-state index contributed by atoms with van der Waals surface area (Å²) in [5.74, 6) is -0.793. The third-order valence-electron chi connectivity index (χ3n) is 2.59. The molecule has 1 N–H and O–H groups in total. The first-order chi connectivity index (χ1) is 7.11. The van der Waals surface area contributed by atoms with Gasteiger partial charge >= 0.3 is 0 Å². The first kappa shape index (κ1) is 10.5. The number of β-amino-alcohol motifs (C(OH)–C–C–N with tert-alkyl or cyclic N) is 1. The predicted octanol–water partition coefficient (Wildman–Crippen LogP) is -1.48. The van der Waals surface area contributed by atoms with Gasteiger partial charge in [-0.05, 0) is 0 Å². The van der Waals surface area contributed by atoms with Crippen LogP contribution in [0.15, 0.2) is 0 Å². The number of ether oxygens (including phenoxy) is 2. The topological polar surface area (TPSA) is 76.1 Å². The second-order valence-corrected chi connectivity index (χ2v) is 3.89. The van der Waals surface area contributed by atoms with Crippen LogP contribution < -0.4 is 0 Å². The van der Waals surface area contributed by atoms with E-state index in [-0.39, 0.29) is 26.4 Å². The average Bonchev–Trinajstić information content (AvgIpc) is 2.60. The molecule has 1 atom stereocenters. The summed E-state index contributed by atoms with van der Waals surface area (Å²) in [6.45, 7) is 0.452. The number of hydrogen-bond acceptors (Lipinski definition) is 5. The third kappa shape index (κ3) is 2.17. The molecule has 0 radical (unpaired) electrons. The van der Waals surface area contributed by atoms with Crippen LogP contribution in [0.4, 0.5) is 0 Å². The van der Waals surface area contributed by atoms with Crippen LogP contribution in [-0.4, -0.2) is 60.4 Å². The number of amides is 2. The molecule has 2 rings (SSSR count). The summed E-state index contributed by atoms with van der Waals surface area (Å²) in [7, 11) is 0. The van der Waals surface area contributed by atoms with Gasteiger partial charge in [-0.3, -0.25) is 14.5 Å². The molecule has 84 valence electrons. The van der Waals surface area contributed by atoms with Gasteiger partial charge < -0.3 is 14.6 Å². The van der Waals surface area contributed by atoms with Crippen molar-refractivity contribution in [1.82, 2.24) is 4.90 Å². The van der Waals surface area contributed by atoms with Crippen molar-refractivity contribution >= 4 is 11.8 Å². The molecular formula is C9H13NO5. The highest BCUT2D eigenvalue weighted by Gasteiger charge is 2.39. The Kier molecular flexibility index (Phi) is 2.72. The Bertz CT molecular complexity index is 268. The highest BCUT2D eigenvalue weighted by molar-refractivity contribution is 5.98. The summed E-state index contributed by atoms with van der Waals surface area (Å²) in [5, 5.41) is 9.97. The lowest BCUT2D eigenvalue weighted by atomic mass is 10.0. The lowest BCUT2D eigenvalue weighted by Gasteiger charge is -2.31. The van der Waals surface area contributed by atoms with Crippen LogP contribution in [0.1, 0.15) is 6.42 Å². The highest BCUT2D eigenvalue weighted by Crippen LogP contribution is 2.20. The fourth-order valence-corrected chi connectivity index (χ4v) is 1.71. The van der Waals surface area contributed by atoms with Gasteiger partial charge in [0.2, 0.25) is 0 Å². The molecule has 15 heavy (non-hydrogen) atoms. The van der Waals surface area contributed by atoms with Crippen LogP contribution in [0.3, 0.4) is 0 Å². The highest BCUT2D eigenvalue weighted by atomic mass is 16.5. The standard InChI is InChI=1S/C9H13NO5/c11-7-3-15-4-8(12)10(7)5-9(13)1-2-14-6-9/h13H,1-6H2. The number of nitrogens with zero attached hydrogens (tertiary/aromatic N) is 1. The van der Waals surface area contributed by atoms with Gasteiger partial charge in [0.1, 0.15) is 18.8 Å². The summed E-state index contributed by atoms with van der Waals surface area (Å²) >= 11 is 0. The molecule has 0 spiro atoms. The molecule has 2 heterocycles. The van der Waals surface area contributed by atoms with Crippen molar-refractivity contribution in [2.75, 3.05) is 33.0 Å². The Morgan fingerprint density at radius 3 is 2.47 bits per heavy atom. The minimum atomic E-state index is -1.08. The van der Waals surface area contributed by atoms with Gasteiger partial charge in [-0.1, -0.05) is 0 Å². The van der Waals surface area contributed by atoms with E-state index >= 15 is 0 Å². The van der Waals surface area contributed by atoms with E-state index in [9.17, 15) is 14.7 Å². The van der Waals surface area contributed by atoms with Gasteiger partial charge in [-0.2, -0.15) is 0 Å². The van der Waals surface area contributed by atoms with E-state index in [1.54, 1.807) is 0 Å². The summed E-state index contributed by atoms with van der Waals surface area (Å²) in [6.07, 6.45) is 0.449. The van der Waals surface area contributed by atoms with E-state index in [4.69, 9.17) is 9.47 Å². The van der Waals surface area contributed by atoms with E-state index in [0.717, 1.165) is 4.90 Å². The number of morpholine rings is 1. The van der Waals surface area contributed by atoms with Gasteiger partial charge in [0, 0.05) is 13.0 Å². The SMILES string of the molecule is O=C1COCC(=O)N1CC1(O)CCOC1. The molecule has 6 heteroatoms. The fourth-order valence-electron chi connectivity index (χ4n) is 1.71. The molecule has 2 aliphatic rings. The van der Waals surface area contributed by atoms with E-state index in [0.29, 0.717) is 13.0 Å². The summed E-state index contributed by atoms with van der Waals surface area (Å²) in [4.78, 5) is 23.8. The quantitative estimate of drug-likeness (QED) is 0.569. The van der Waals surface area contributed by atoms with Gasteiger partial charge in [0.05, 0.1) is 13.2 Å². The Hall–Kier alpha value is -0.980. The van der Waals surface area contributed by atoms with Crippen molar-refractivity contribution in [3.63, 3.8) is 0 Å². The lowest BCUT2D eigenvalue weighted by molar-refractivity contribution is -0.162. The number of rotatable bonds is 2. The zero-order valence-electron chi connectivity index (χ0n) is 8.27. The summed E-state index contributed by atoms with van der Waals surface area (Å²) in [6, 6.07) is 0. The Labute approximate surface area is 86.8 Å². The number of hydrogen-bond donors (Lipinski definition) is 1. The maximum Gasteiger partial charge on any atom is 0.255 e. The van der Waals surface area contributed by atoms with Crippen LogP contribution in [0, 0.1) is 0 Å². The zero-order valence-corrected chi connectivity index (χ0v) is 8.27. The van der Waals surface area contributed by atoms with Crippen molar-refractivity contribution in [1.29, 1.82) is 0 Å². The molecule has 6 nitrogen and oxygen atoms in total. The monoisotopic (exact) mass is 215 g/mol. The Morgan fingerprint density at radius 2 is 1.93 bits per heavy atom. The van der Waals surface area contributed by atoms with Gasteiger partial charge in [0.15, 0.2) is 0 Å². The molecule has 0 saturated carbocycles. The van der Waals surface area contributed by atoms with Crippen LogP contribution in [0.25, 0.3) is 0 Å². The first-order valence-electron chi connectivity index (χ1n) is 4.82. The normalized spacial score (nSPS) is 32.5. The maximum atomic E-state index is 11.4. The predicted molar refractivity (Wildman–Crippen MR) is 47.9 cm³/mol. The first-order valence-corrected chi connectivity index (χ1v) is 4.82. The smallest absolute Gasteiger partial charge is 0.255 e. The zero-order chi connectivity index (χ0) is 10.9. The van der Waals surface area contributed by atoms with Crippen LogP contribution >= 0.6 is 0 Å². The number of carbonyl (C=O) groups excluding carboxylic acids is 2. The molecule has 1 unspecified atom stereocenters. The van der Waals surface area contributed by atoms with Crippen molar-refractivity contribution in [2.24, 2.45) is 0 Å². The van der Waals surface area contributed by atoms with E-state index < -0.39 is 17.4 Å². The lowest BCUT2D eigenvalue weighted by Crippen LogP contribution is -2.53. The molecule has 0 bridgehead atoms. The summed E-state index contributed by atoms with van der Waals surface area (Å²) < 4.78 is 9.81.